The Morgan fingerprint density at radius 1 is 1.00 bits per heavy atom. The molecule has 1 aliphatic heterocycles. The average Bonchev–Trinajstić information content (AvgIpc) is 3.28. The minimum absolute atomic E-state index is 0.0185. The zero-order valence-corrected chi connectivity index (χ0v) is 36.7. The summed E-state index contributed by atoms with van der Waals surface area (Å²) >= 11 is 6.00. The summed E-state index contributed by atoms with van der Waals surface area (Å²) in [6.45, 7) is 6.16. The van der Waals surface area contributed by atoms with Gasteiger partial charge in [-0.15, -0.1) is 18.2 Å². The largest absolute Gasteiger partial charge is 0.497 e. The number of nitrogens with zero attached hydrogens (tertiary/aromatic N) is 2. The molecule has 0 aromatic heterocycles. The van der Waals surface area contributed by atoms with Crippen molar-refractivity contribution < 1.29 is 62.9 Å². The molecule has 6 unspecified atom stereocenters. The van der Waals surface area contributed by atoms with Crippen molar-refractivity contribution in [2.75, 3.05) is 84.8 Å². The average molecular weight is 888 g/mol. The van der Waals surface area contributed by atoms with Crippen molar-refractivity contribution >= 4 is 35.2 Å². The van der Waals surface area contributed by atoms with Crippen LogP contribution in [0.2, 0.25) is 0 Å². The van der Waals surface area contributed by atoms with E-state index in [-0.39, 0.29) is 88.6 Å². The van der Waals surface area contributed by atoms with E-state index in [0.717, 1.165) is 24.0 Å². The first-order chi connectivity index (χ1) is 30.2. The molecule has 342 valence electrons. The van der Waals surface area contributed by atoms with Gasteiger partial charge in [0.2, 0.25) is 5.79 Å². The number of ether oxygens (including phenoxy) is 7. The Hall–Kier alpha value is -4.58. The van der Waals surface area contributed by atoms with Gasteiger partial charge in [0.1, 0.15) is 42.3 Å². The fraction of sp³-hybridized carbons (Fsp3) is 0.578. The van der Waals surface area contributed by atoms with Crippen LogP contribution in [0.5, 0.6) is 23.0 Å². The number of anilines is 1. The van der Waals surface area contributed by atoms with Gasteiger partial charge in [0, 0.05) is 43.7 Å². The highest BCUT2D eigenvalue weighted by atomic mass is 35.5. The molecule has 16 nitrogen and oxygen atoms in total. The Bertz CT molecular complexity index is 1850. The molecule has 0 saturated heterocycles. The summed E-state index contributed by atoms with van der Waals surface area (Å²) in [6, 6.07) is 9.32. The number of allylic oxidation sites excluding steroid dienone is 1. The molecule has 3 aliphatic rings. The van der Waals surface area contributed by atoms with Crippen molar-refractivity contribution in [2.45, 2.75) is 69.6 Å². The molecule has 17 heteroatoms. The normalized spacial score (nSPS) is 22.9. The van der Waals surface area contributed by atoms with Crippen molar-refractivity contribution in [3.8, 4) is 23.0 Å². The smallest absolute Gasteiger partial charge is 0.417 e. The van der Waals surface area contributed by atoms with Crippen LogP contribution in [-0.4, -0.2) is 129 Å². The number of rotatable bonds is 25. The number of oxime groups is 1. The number of carbonyl (C=O) groups is 2. The van der Waals surface area contributed by atoms with Crippen LogP contribution in [-0.2, 0) is 19.0 Å². The number of aliphatic hydroxyl groups is 3. The van der Waals surface area contributed by atoms with Gasteiger partial charge in [-0.25, -0.2) is 9.59 Å². The molecule has 2 aromatic carbocycles. The standard InChI is InChI=1S/C45H62ClN3O13/c1-5-22-59-45-40(49(18-24-57-25-21-52)44(54)58-23-17-46)29-37(48-60-6-2)34-26-30(11-7-9-19-50)33(12-8-10-20-51)41(42(34)45)35-27-32(14-16-38(35)62-45)61-43(53)47-36-15-13-31(55-3)28-39(36)56-4/h5,13-16,26-28,30,33,40-42,50-52H,1,6-12,17-25,29H2,2-4H3,(H,47,53). The first-order valence-corrected chi connectivity index (χ1v) is 21.9. The maximum absolute atomic E-state index is 14.2. The Labute approximate surface area is 368 Å². The number of nitrogens with one attached hydrogen (secondary N) is 1. The summed E-state index contributed by atoms with van der Waals surface area (Å²) in [6.07, 6.45) is 6.71. The zero-order valence-electron chi connectivity index (χ0n) is 35.9. The van der Waals surface area contributed by atoms with Gasteiger partial charge in [-0.2, -0.15) is 0 Å². The van der Waals surface area contributed by atoms with Crippen LogP contribution in [0.3, 0.4) is 0 Å². The number of halogens is 1. The number of alkyl halides is 1. The number of aliphatic hydroxyl groups excluding tert-OH is 3. The monoisotopic (exact) mass is 887 g/mol. The van der Waals surface area contributed by atoms with Crippen molar-refractivity contribution in [1.82, 2.24) is 4.90 Å². The summed E-state index contributed by atoms with van der Waals surface area (Å²) in [5.74, 6) is -0.926. The highest BCUT2D eigenvalue weighted by Crippen LogP contribution is 2.62. The molecule has 0 radical (unpaired) electrons. The van der Waals surface area contributed by atoms with Crippen LogP contribution in [0, 0.1) is 17.8 Å². The minimum atomic E-state index is -1.56. The second kappa shape index (κ2) is 24.3. The van der Waals surface area contributed by atoms with Crippen LogP contribution in [0.25, 0.3) is 0 Å². The lowest BCUT2D eigenvalue weighted by Gasteiger charge is -2.59. The molecule has 5 rings (SSSR count). The Balaban J connectivity index is 1.71. The fourth-order valence-corrected chi connectivity index (χ4v) is 8.99. The molecule has 1 fully saturated rings. The summed E-state index contributed by atoms with van der Waals surface area (Å²) in [4.78, 5) is 35.0. The van der Waals surface area contributed by atoms with E-state index in [1.54, 1.807) is 36.4 Å². The topological polar surface area (TPSA) is 196 Å². The summed E-state index contributed by atoms with van der Waals surface area (Å²) in [5.41, 5.74) is 2.57. The lowest BCUT2D eigenvalue weighted by atomic mass is 9.55. The lowest BCUT2D eigenvalue weighted by molar-refractivity contribution is -0.256. The van der Waals surface area contributed by atoms with Crippen LogP contribution < -0.4 is 24.3 Å². The van der Waals surface area contributed by atoms with Gasteiger partial charge in [0.15, 0.2) is 0 Å². The number of unbranched alkanes of at least 4 members (excludes halogenated alkanes) is 2. The molecule has 0 spiro atoms. The van der Waals surface area contributed by atoms with E-state index in [0.29, 0.717) is 60.9 Å². The van der Waals surface area contributed by atoms with E-state index in [1.165, 1.54) is 19.1 Å². The maximum atomic E-state index is 14.2. The number of fused-ring (bicyclic) bond motifs is 2. The van der Waals surface area contributed by atoms with Gasteiger partial charge in [0.05, 0.1) is 63.8 Å². The number of benzene rings is 2. The third-order valence-corrected chi connectivity index (χ3v) is 11.6. The van der Waals surface area contributed by atoms with Gasteiger partial charge in [-0.3, -0.25) is 10.2 Å². The highest BCUT2D eigenvalue weighted by Gasteiger charge is 2.65. The van der Waals surface area contributed by atoms with Crippen molar-refractivity contribution in [1.29, 1.82) is 0 Å². The predicted octanol–water partition coefficient (Wildman–Crippen LogP) is 6.65. The first kappa shape index (κ1) is 48.5. The van der Waals surface area contributed by atoms with E-state index < -0.39 is 29.9 Å². The third kappa shape index (κ3) is 11.5. The summed E-state index contributed by atoms with van der Waals surface area (Å²) < 4.78 is 42.2. The van der Waals surface area contributed by atoms with Crippen LogP contribution in [0.1, 0.15) is 63.4 Å². The van der Waals surface area contributed by atoms with Crippen molar-refractivity contribution in [3.63, 3.8) is 0 Å². The fourth-order valence-electron chi connectivity index (χ4n) is 8.91. The van der Waals surface area contributed by atoms with E-state index >= 15 is 0 Å². The Morgan fingerprint density at radius 3 is 2.47 bits per heavy atom. The molecule has 2 aromatic rings. The molecule has 2 amide bonds. The number of hydrogen-bond acceptors (Lipinski definition) is 14. The molecule has 4 N–H and O–H groups in total. The maximum Gasteiger partial charge on any atom is 0.417 e. The van der Waals surface area contributed by atoms with E-state index in [4.69, 9.17) is 49.6 Å². The summed E-state index contributed by atoms with van der Waals surface area (Å²) in [5, 5.41) is 36.7. The number of amides is 2. The molecule has 2 aliphatic carbocycles. The van der Waals surface area contributed by atoms with Gasteiger partial charge in [-0.1, -0.05) is 30.1 Å². The summed E-state index contributed by atoms with van der Waals surface area (Å²) in [7, 11) is 3.02. The Kier molecular flexibility index (Phi) is 19.0. The number of carbonyl (C=O) groups excluding carboxylic acids is 2. The van der Waals surface area contributed by atoms with E-state index in [9.17, 15) is 24.9 Å². The van der Waals surface area contributed by atoms with Crippen molar-refractivity contribution in [3.05, 3.63) is 66.3 Å². The molecule has 0 bridgehead atoms. The molecule has 1 saturated carbocycles. The van der Waals surface area contributed by atoms with Crippen LogP contribution in [0.4, 0.5) is 15.3 Å². The zero-order chi connectivity index (χ0) is 44.5. The van der Waals surface area contributed by atoms with Crippen molar-refractivity contribution in [2.24, 2.45) is 22.9 Å². The second-order valence-corrected chi connectivity index (χ2v) is 15.5. The Morgan fingerprint density at radius 2 is 1.77 bits per heavy atom. The highest BCUT2D eigenvalue weighted by molar-refractivity contribution is 6.18. The van der Waals surface area contributed by atoms with Gasteiger partial charge >= 0.3 is 12.2 Å². The quantitative estimate of drug-likeness (QED) is 0.0358. The van der Waals surface area contributed by atoms with Crippen LogP contribution >= 0.6 is 11.6 Å². The second-order valence-electron chi connectivity index (χ2n) is 15.1. The molecule has 6 atom stereocenters. The van der Waals surface area contributed by atoms with E-state index in [1.807, 2.05) is 13.0 Å². The minimum Gasteiger partial charge on any atom is -0.497 e. The van der Waals surface area contributed by atoms with Gasteiger partial charge in [-0.05, 0) is 80.3 Å². The van der Waals surface area contributed by atoms with Gasteiger partial charge < -0.3 is 53.3 Å². The lowest BCUT2D eigenvalue weighted by Crippen LogP contribution is -2.70. The van der Waals surface area contributed by atoms with Crippen LogP contribution in [0.15, 0.2) is 65.9 Å². The SMILES string of the molecule is C=CCOC12Oc3ccc(OC(=O)Nc4ccc(OC)cc4OC)cc3C3C(CCCCO)C(CCCCO)C=C(C(=NOCC)CC1N(CCOCCO)C(=O)OCCCl)C32. The third-order valence-electron chi connectivity index (χ3n) is 11.4. The number of hydrogen-bond donors (Lipinski definition) is 4. The predicted molar refractivity (Wildman–Crippen MR) is 232 cm³/mol. The van der Waals surface area contributed by atoms with Gasteiger partial charge in [0.25, 0.3) is 0 Å². The number of methoxy groups -OCH3 is 2. The molecule has 1 heterocycles. The molecular formula is C45H62ClN3O13. The van der Waals surface area contributed by atoms with E-state index in [2.05, 4.69) is 23.1 Å². The molecule has 62 heavy (non-hydrogen) atoms. The first-order valence-electron chi connectivity index (χ1n) is 21.3. The molecular weight excluding hydrogens is 826 g/mol.